The summed E-state index contributed by atoms with van der Waals surface area (Å²) in [5.41, 5.74) is 2.51. The molecule has 1 fully saturated rings. The van der Waals surface area contributed by atoms with E-state index >= 15 is 0 Å². The summed E-state index contributed by atoms with van der Waals surface area (Å²) in [4.78, 5) is 6.25. The highest BCUT2D eigenvalue weighted by atomic mass is 19.4. The molecule has 1 aromatic heterocycles. The number of halogens is 3. The van der Waals surface area contributed by atoms with Crippen molar-refractivity contribution in [2.75, 3.05) is 11.4 Å². The Morgan fingerprint density at radius 2 is 1.93 bits per heavy atom. The Hall–Kier alpha value is -3.07. The van der Waals surface area contributed by atoms with Crippen molar-refractivity contribution in [1.29, 1.82) is 0 Å². The van der Waals surface area contributed by atoms with Crippen LogP contribution >= 0.6 is 0 Å². The number of rotatable bonds is 4. The van der Waals surface area contributed by atoms with E-state index in [0.717, 1.165) is 11.3 Å². The number of aryl methyl sites for hydroxylation is 1. The zero-order valence-electron chi connectivity index (χ0n) is 15.4. The first-order chi connectivity index (χ1) is 13.8. The van der Waals surface area contributed by atoms with E-state index in [1.807, 2.05) is 36.1 Å². The molecule has 1 aliphatic heterocycles. The minimum atomic E-state index is -4.74. The topological polar surface area (TPSA) is 71.6 Å². The van der Waals surface area contributed by atoms with E-state index in [9.17, 15) is 18.3 Å². The highest BCUT2D eigenvalue weighted by Crippen LogP contribution is 2.34. The number of benzene rings is 2. The molecule has 1 N–H and O–H groups in total. The number of aromatic nitrogens is 2. The summed E-state index contributed by atoms with van der Waals surface area (Å²) in [7, 11) is 0. The fourth-order valence-corrected chi connectivity index (χ4v) is 3.40. The molecule has 1 aliphatic rings. The van der Waals surface area contributed by atoms with Gasteiger partial charge in [-0.15, -0.1) is 13.2 Å². The van der Waals surface area contributed by atoms with Gasteiger partial charge in [0, 0.05) is 24.2 Å². The summed E-state index contributed by atoms with van der Waals surface area (Å²) in [6.07, 6.45) is -4.97. The molecule has 2 unspecified atom stereocenters. The average molecular weight is 405 g/mol. The van der Waals surface area contributed by atoms with Crippen LogP contribution in [-0.2, 0) is 0 Å². The highest BCUT2D eigenvalue weighted by Gasteiger charge is 2.35. The minimum absolute atomic E-state index is 0.153. The fourth-order valence-electron chi connectivity index (χ4n) is 3.40. The van der Waals surface area contributed by atoms with E-state index in [4.69, 9.17) is 4.52 Å². The summed E-state index contributed by atoms with van der Waals surface area (Å²) in [5, 5.41) is 14.4. The number of aliphatic hydroxyl groups is 1. The van der Waals surface area contributed by atoms with Crippen LogP contribution in [0, 0.1) is 6.92 Å². The number of ether oxygens (including phenoxy) is 1. The Kier molecular flexibility index (Phi) is 4.91. The van der Waals surface area contributed by atoms with Crippen LogP contribution in [0.4, 0.5) is 18.9 Å². The molecule has 0 aliphatic carbocycles. The molecule has 2 atom stereocenters. The second kappa shape index (κ2) is 7.40. The lowest BCUT2D eigenvalue weighted by Crippen LogP contribution is -2.28. The second-order valence-corrected chi connectivity index (χ2v) is 6.93. The van der Waals surface area contributed by atoms with Crippen molar-refractivity contribution in [3.8, 4) is 17.1 Å². The van der Waals surface area contributed by atoms with E-state index in [-0.39, 0.29) is 17.5 Å². The number of hydrogen-bond donors (Lipinski definition) is 1. The quantitative estimate of drug-likeness (QED) is 0.700. The molecule has 0 spiro atoms. The van der Waals surface area contributed by atoms with Crippen molar-refractivity contribution in [2.24, 2.45) is 0 Å². The van der Waals surface area contributed by atoms with Crippen LogP contribution in [0.5, 0.6) is 5.75 Å². The maximum Gasteiger partial charge on any atom is 0.573 e. The third kappa shape index (κ3) is 4.34. The number of anilines is 1. The maximum absolute atomic E-state index is 12.3. The molecule has 29 heavy (non-hydrogen) atoms. The molecule has 2 aromatic carbocycles. The summed E-state index contributed by atoms with van der Waals surface area (Å²) < 4.78 is 46.0. The molecule has 2 heterocycles. The van der Waals surface area contributed by atoms with Crippen molar-refractivity contribution in [2.45, 2.75) is 31.9 Å². The minimum Gasteiger partial charge on any atom is -0.406 e. The first kappa shape index (κ1) is 19.3. The van der Waals surface area contributed by atoms with Gasteiger partial charge in [0.25, 0.3) is 0 Å². The van der Waals surface area contributed by atoms with Crippen LogP contribution in [0.2, 0.25) is 0 Å². The molecule has 3 aromatic rings. The van der Waals surface area contributed by atoms with Gasteiger partial charge in [0.15, 0.2) is 0 Å². The zero-order valence-corrected chi connectivity index (χ0v) is 15.4. The predicted molar refractivity (Wildman–Crippen MR) is 98.3 cm³/mol. The predicted octanol–water partition coefficient (Wildman–Crippen LogP) is 4.26. The van der Waals surface area contributed by atoms with Gasteiger partial charge in [-0.3, -0.25) is 0 Å². The number of alkyl halides is 3. The average Bonchev–Trinajstić information content (AvgIpc) is 3.28. The summed E-state index contributed by atoms with van der Waals surface area (Å²) in [5.74, 6) is 0.171. The van der Waals surface area contributed by atoms with Crippen molar-refractivity contribution >= 4 is 5.69 Å². The monoisotopic (exact) mass is 405 g/mol. The Balaban J connectivity index is 1.48. The lowest BCUT2D eigenvalue weighted by Gasteiger charge is -2.22. The summed E-state index contributed by atoms with van der Waals surface area (Å²) in [6, 6.07) is 13.1. The Labute approximate surface area is 164 Å². The fraction of sp³-hybridized carbons (Fsp3) is 0.300. The van der Waals surface area contributed by atoms with E-state index in [1.54, 1.807) is 0 Å². The van der Waals surface area contributed by atoms with Gasteiger partial charge in [0.2, 0.25) is 11.7 Å². The lowest BCUT2D eigenvalue weighted by atomic mass is 10.1. The highest BCUT2D eigenvalue weighted by molar-refractivity contribution is 5.56. The van der Waals surface area contributed by atoms with Crippen molar-refractivity contribution in [3.63, 3.8) is 0 Å². The van der Waals surface area contributed by atoms with Gasteiger partial charge >= 0.3 is 6.36 Å². The number of nitrogens with zero attached hydrogens (tertiary/aromatic N) is 3. The lowest BCUT2D eigenvalue weighted by molar-refractivity contribution is -0.274. The van der Waals surface area contributed by atoms with Gasteiger partial charge < -0.3 is 19.3 Å². The van der Waals surface area contributed by atoms with E-state index in [0.29, 0.717) is 24.4 Å². The molecule has 4 rings (SSSR count). The second-order valence-electron chi connectivity index (χ2n) is 6.93. The molecule has 1 saturated heterocycles. The van der Waals surface area contributed by atoms with E-state index in [1.165, 1.54) is 24.3 Å². The van der Waals surface area contributed by atoms with Gasteiger partial charge in [-0.25, -0.2) is 0 Å². The molecule has 0 radical (unpaired) electrons. The Bertz CT molecular complexity index is 988. The molecule has 0 bridgehead atoms. The summed E-state index contributed by atoms with van der Waals surface area (Å²) in [6.45, 7) is 2.50. The Morgan fingerprint density at radius 3 is 2.62 bits per heavy atom. The molecule has 6 nitrogen and oxygen atoms in total. The van der Waals surface area contributed by atoms with Gasteiger partial charge in [-0.2, -0.15) is 4.98 Å². The van der Waals surface area contributed by atoms with Crippen molar-refractivity contribution < 1.29 is 27.5 Å². The smallest absolute Gasteiger partial charge is 0.406 e. The molecule has 0 amide bonds. The van der Waals surface area contributed by atoms with Crippen molar-refractivity contribution in [1.82, 2.24) is 10.1 Å². The van der Waals surface area contributed by atoms with Crippen LogP contribution < -0.4 is 9.64 Å². The zero-order chi connectivity index (χ0) is 20.6. The van der Waals surface area contributed by atoms with Crippen LogP contribution in [0.3, 0.4) is 0 Å². The molecule has 152 valence electrons. The first-order valence-corrected chi connectivity index (χ1v) is 9.00. The van der Waals surface area contributed by atoms with Gasteiger partial charge in [0.1, 0.15) is 12.0 Å². The van der Waals surface area contributed by atoms with Crippen molar-refractivity contribution in [3.05, 3.63) is 60.0 Å². The van der Waals surface area contributed by atoms with Crippen LogP contribution in [0.25, 0.3) is 11.4 Å². The maximum atomic E-state index is 12.3. The molecular formula is C20H18F3N3O3. The summed E-state index contributed by atoms with van der Waals surface area (Å²) >= 11 is 0. The molecule has 0 saturated carbocycles. The number of hydrogen-bond acceptors (Lipinski definition) is 6. The number of aliphatic hydroxyl groups excluding tert-OH is 1. The third-order valence-electron chi connectivity index (χ3n) is 4.74. The van der Waals surface area contributed by atoms with Gasteiger partial charge in [-0.1, -0.05) is 17.3 Å². The van der Waals surface area contributed by atoms with Crippen LogP contribution in [0.15, 0.2) is 53.1 Å². The van der Waals surface area contributed by atoms with Crippen LogP contribution in [-0.4, -0.2) is 34.4 Å². The normalized spacial score (nSPS) is 19.6. The van der Waals surface area contributed by atoms with Crippen LogP contribution in [0.1, 0.15) is 23.8 Å². The largest absolute Gasteiger partial charge is 0.573 e. The molecule has 9 heteroatoms. The SMILES string of the molecule is Cc1cccc(N2CC(c3nc(-c4ccc(OC(F)(F)F)cc4)no3)CC2O)c1. The van der Waals surface area contributed by atoms with E-state index in [2.05, 4.69) is 14.9 Å². The van der Waals surface area contributed by atoms with E-state index < -0.39 is 12.6 Å². The standard InChI is InChI=1S/C20H18F3N3O3/c1-12-3-2-4-15(9-12)26-11-14(10-17(26)27)19-24-18(25-29-19)13-5-7-16(8-6-13)28-20(21,22)23/h2-9,14,17,27H,10-11H2,1H3. The molecular weight excluding hydrogens is 387 g/mol. The first-order valence-electron chi connectivity index (χ1n) is 9.00. The van der Waals surface area contributed by atoms with Gasteiger partial charge in [0.05, 0.1) is 5.92 Å². The van der Waals surface area contributed by atoms with Gasteiger partial charge in [-0.05, 0) is 48.9 Å². The third-order valence-corrected chi connectivity index (χ3v) is 4.74. The Morgan fingerprint density at radius 1 is 1.17 bits per heavy atom.